The Bertz CT molecular complexity index is 1280. The average molecular weight is 519 g/mol. The van der Waals surface area contributed by atoms with Crippen molar-refractivity contribution in [1.82, 2.24) is 14.8 Å². The van der Waals surface area contributed by atoms with Crippen LogP contribution in [-0.2, 0) is 6.18 Å². The number of anilines is 2. The Hall–Kier alpha value is -3.62. The van der Waals surface area contributed by atoms with Gasteiger partial charge in [0.15, 0.2) is 5.69 Å². The third-order valence-electron chi connectivity index (χ3n) is 6.05. The van der Waals surface area contributed by atoms with Gasteiger partial charge in [0.05, 0.1) is 34.9 Å². The van der Waals surface area contributed by atoms with E-state index in [1.807, 2.05) is 11.0 Å². The molecule has 0 atom stereocenters. The number of rotatable bonds is 6. The lowest BCUT2D eigenvalue weighted by Crippen LogP contribution is -2.35. The maximum Gasteiger partial charge on any atom is 0.434 e. The van der Waals surface area contributed by atoms with E-state index in [-0.39, 0.29) is 23.5 Å². The lowest BCUT2D eigenvalue weighted by molar-refractivity contribution is -0.143. The lowest BCUT2D eigenvalue weighted by atomic mass is 9.94. The van der Waals surface area contributed by atoms with Crippen molar-refractivity contribution >= 4 is 29.0 Å². The van der Waals surface area contributed by atoms with Crippen LogP contribution >= 0.6 is 11.6 Å². The van der Waals surface area contributed by atoms with E-state index in [9.17, 15) is 23.2 Å². The van der Waals surface area contributed by atoms with Gasteiger partial charge in [0.1, 0.15) is 11.9 Å². The van der Waals surface area contributed by atoms with Crippen LogP contribution in [0.15, 0.2) is 42.7 Å². The summed E-state index contributed by atoms with van der Waals surface area (Å²) in [5.74, 6) is -0.178. The first-order valence-electron chi connectivity index (χ1n) is 11.2. The van der Waals surface area contributed by atoms with Crippen molar-refractivity contribution in [1.29, 1.82) is 5.26 Å². The summed E-state index contributed by atoms with van der Waals surface area (Å²) in [5, 5.41) is 25.3. The van der Waals surface area contributed by atoms with E-state index in [1.54, 1.807) is 0 Å². The third kappa shape index (κ3) is 5.45. The molecule has 2 N–H and O–H groups in total. The first-order chi connectivity index (χ1) is 17.2. The number of aliphatic hydroxyl groups is 1. The minimum Gasteiger partial charge on any atom is -0.396 e. The molecular formula is C24H22ClF3N6O2. The molecule has 188 valence electrons. The zero-order valence-corrected chi connectivity index (χ0v) is 19.7. The molecule has 3 heterocycles. The molecule has 1 aliphatic rings. The number of carbonyl (C=O) groups is 1. The van der Waals surface area contributed by atoms with Gasteiger partial charge in [-0.3, -0.25) is 4.79 Å². The van der Waals surface area contributed by atoms with Crippen LogP contribution in [0.5, 0.6) is 0 Å². The molecule has 0 radical (unpaired) electrons. The predicted molar refractivity (Wildman–Crippen MR) is 127 cm³/mol. The van der Waals surface area contributed by atoms with Gasteiger partial charge in [0, 0.05) is 24.7 Å². The van der Waals surface area contributed by atoms with Crippen LogP contribution in [-0.4, -0.2) is 45.5 Å². The van der Waals surface area contributed by atoms with Gasteiger partial charge < -0.3 is 15.3 Å². The molecule has 1 fully saturated rings. The first kappa shape index (κ1) is 25.5. The van der Waals surface area contributed by atoms with Crippen LogP contribution in [0.25, 0.3) is 5.69 Å². The van der Waals surface area contributed by atoms with E-state index in [0.29, 0.717) is 34.5 Å². The van der Waals surface area contributed by atoms with Crippen LogP contribution in [0, 0.1) is 17.2 Å². The number of halogens is 4. The summed E-state index contributed by atoms with van der Waals surface area (Å²) in [5.41, 5.74) is -1.54. The Morgan fingerprint density at radius 3 is 2.53 bits per heavy atom. The summed E-state index contributed by atoms with van der Waals surface area (Å²) >= 11 is 5.82. The fourth-order valence-electron chi connectivity index (χ4n) is 4.24. The van der Waals surface area contributed by atoms with Crippen LogP contribution in [0.1, 0.15) is 40.9 Å². The molecule has 8 nitrogen and oxygen atoms in total. The highest BCUT2D eigenvalue weighted by Crippen LogP contribution is 2.34. The van der Waals surface area contributed by atoms with Crippen molar-refractivity contribution in [3.8, 4) is 11.8 Å². The molecule has 0 bridgehead atoms. The van der Waals surface area contributed by atoms with E-state index in [2.05, 4.69) is 15.4 Å². The number of benzene rings is 1. The largest absolute Gasteiger partial charge is 0.434 e. The fraction of sp³-hybridized carbons (Fsp3) is 0.333. The molecule has 1 amide bonds. The van der Waals surface area contributed by atoms with Crippen LogP contribution in [0.4, 0.5) is 24.7 Å². The quantitative estimate of drug-likeness (QED) is 0.491. The van der Waals surface area contributed by atoms with Gasteiger partial charge in [-0.05, 0) is 55.5 Å². The van der Waals surface area contributed by atoms with Crippen molar-refractivity contribution in [2.24, 2.45) is 5.92 Å². The number of aromatic nitrogens is 3. The maximum absolute atomic E-state index is 13.9. The maximum atomic E-state index is 13.9. The summed E-state index contributed by atoms with van der Waals surface area (Å²) in [4.78, 5) is 19.1. The highest BCUT2D eigenvalue weighted by Gasteiger charge is 2.40. The molecule has 1 aliphatic heterocycles. The number of alkyl halides is 3. The number of piperidine rings is 1. The first-order valence-corrected chi connectivity index (χ1v) is 11.6. The van der Waals surface area contributed by atoms with Crippen molar-refractivity contribution in [2.45, 2.75) is 25.4 Å². The molecule has 1 aromatic carbocycles. The van der Waals surface area contributed by atoms with Gasteiger partial charge in [-0.15, -0.1) is 0 Å². The molecule has 36 heavy (non-hydrogen) atoms. The molecule has 0 aliphatic carbocycles. The number of carbonyl (C=O) groups excluding carboxylic acids is 1. The highest BCUT2D eigenvalue weighted by molar-refractivity contribution is 6.30. The molecule has 0 unspecified atom stereocenters. The predicted octanol–water partition coefficient (Wildman–Crippen LogP) is 4.66. The molecule has 1 saturated heterocycles. The number of hydrogen-bond acceptors (Lipinski definition) is 6. The Labute approximate surface area is 209 Å². The van der Waals surface area contributed by atoms with Crippen LogP contribution in [0.3, 0.4) is 0 Å². The van der Waals surface area contributed by atoms with Crippen molar-refractivity contribution in [3.63, 3.8) is 0 Å². The second kappa shape index (κ2) is 10.6. The summed E-state index contributed by atoms with van der Waals surface area (Å²) in [6.45, 7) is 1.46. The topological polar surface area (TPSA) is 107 Å². The molecule has 0 saturated carbocycles. The fourth-order valence-corrected chi connectivity index (χ4v) is 4.37. The SMILES string of the molecule is N#Cc1cc(NC(=O)c2cnn(-c3ccc(Cl)cc3)c2C(F)(F)F)cnc1N1CCC(CCO)CC1. The van der Waals surface area contributed by atoms with Gasteiger partial charge >= 0.3 is 6.18 Å². The normalized spacial score (nSPS) is 14.5. The van der Waals surface area contributed by atoms with E-state index >= 15 is 0 Å². The van der Waals surface area contributed by atoms with E-state index in [1.165, 1.54) is 36.5 Å². The van der Waals surface area contributed by atoms with E-state index in [4.69, 9.17) is 16.7 Å². The number of amides is 1. The van der Waals surface area contributed by atoms with Gasteiger partial charge in [-0.1, -0.05) is 11.6 Å². The number of nitrogens with one attached hydrogen (secondary N) is 1. The standard InChI is InChI=1S/C24H22ClF3N6O2/c25-17-1-3-19(4-2-17)34-21(24(26,27)28)20(14-31-34)23(36)32-18-11-16(12-29)22(30-13-18)33-8-5-15(6-9-33)7-10-35/h1-4,11,13-15,35H,5-10H2,(H,32,36). The monoisotopic (exact) mass is 518 g/mol. The van der Waals surface area contributed by atoms with Crippen LogP contribution < -0.4 is 10.2 Å². The zero-order valence-electron chi connectivity index (χ0n) is 19.0. The third-order valence-corrected chi connectivity index (χ3v) is 6.30. The van der Waals surface area contributed by atoms with Gasteiger partial charge in [0.25, 0.3) is 5.91 Å². The second-order valence-corrected chi connectivity index (χ2v) is 8.83. The molecule has 12 heteroatoms. The number of nitrogens with zero attached hydrogens (tertiary/aromatic N) is 5. The van der Waals surface area contributed by atoms with Crippen LogP contribution in [0.2, 0.25) is 5.02 Å². The highest BCUT2D eigenvalue weighted by atomic mass is 35.5. The molecule has 0 spiro atoms. The Kier molecular flexibility index (Phi) is 7.47. The van der Waals surface area contributed by atoms with E-state index in [0.717, 1.165) is 25.5 Å². The van der Waals surface area contributed by atoms with Gasteiger partial charge in [0.2, 0.25) is 0 Å². The van der Waals surface area contributed by atoms with Gasteiger partial charge in [-0.25, -0.2) is 9.67 Å². The minimum atomic E-state index is -4.87. The van der Waals surface area contributed by atoms with Gasteiger partial charge in [-0.2, -0.15) is 23.5 Å². The Balaban J connectivity index is 1.57. The van der Waals surface area contributed by atoms with Crippen molar-refractivity contribution in [3.05, 3.63) is 64.6 Å². The lowest BCUT2D eigenvalue weighted by Gasteiger charge is -2.33. The smallest absolute Gasteiger partial charge is 0.396 e. The number of nitriles is 1. The van der Waals surface area contributed by atoms with E-state index < -0.39 is 23.3 Å². The second-order valence-electron chi connectivity index (χ2n) is 8.40. The summed E-state index contributed by atoms with van der Waals surface area (Å²) in [6.07, 6.45) is -0.287. The van der Waals surface area contributed by atoms with Crippen molar-refractivity contribution < 1.29 is 23.1 Å². The summed E-state index contributed by atoms with van der Waals surface area (Å²) in [6, 6.07) is 9.00. The zero-order chi connectivity index (χ0) is 25.9. The minimum absolute atomic E-state index is 0.0860. The Morgan fingerprint density at radius 2 is 1.92 bits per heavy atom. The molecule has 4 rings (SSSR count). The molecule has 3 aromatic rings. The number of pyridine rings is 1. The summed E-state index contributed by atoms with van der Waals surface area (Å²) in [7, 11) is 0. The van der Waals surface area contributed by atoms with Crippen molar-refractivity contribution in [2.75, 3.05) is 29.9 Å². The average Bonchev–Trinajstić information content (AvgIpc) is 3.31. The Morgan fingerprint density at radius 1 is 1.22 bits per heavy atom. The molecule has 2 aromatic heterocycles. The number of aliphatic hydroxyl groups excluding tert-OH is 1. The number of hydrogen-bond donors (Lipinski definition) is 2. The molecular weight excluding hydrogens is 497 g/mol. The summed E-state index contributed by atoms with van der Waals surface area (Å²) < 4.78 is 42.4.